The predicted octanol–water partition coefficient (Wildman–Crippen LogP) is 4.83. The smallest absolute Gasteiger partial charge is 0.129 e. The number of aryl methyl sites for hydroxylation is 1. The van der Waals surface area contributed by atoms with Crippen molar-refractivity contribution in [3.63, 3.8) is 0 Å². The summed E-state index contributed by atoms with van der Waals surface area (Å²) in [4.78, 5) is 1.19. The summed E-state index contributed by atoms with van der Waals surface area (Å²) in [6.07, 6.45) is 0. The van der Waals surface area contributed by atoms with E-state index in [9.17, 15) is 4.39 Å². The fourth-order valence-corrected chi connectivity index (χ4v) is 2.63. The van der Waals surface area contributed by atoms with Crippen molar-refractivity contribution in [1.29, 1.82) is 0 Å². The maximum Gasteiger partial charge on any atom is 0.129 e. The van der Waals surface area contributed by atoms with Gasteiger partial charge in [0.05, 0.1) is 0 Å². The second-order valence-corrected chi connectivity index (χ2v) is 5.63. The summed E-state index contributed by atoms with van der Waals surface area (Å²) in [7, 11) is 0. The highest BCUT2D eigenvalue weighted by Gasteiger charge is 2.03. The average molecular weight is 276 g/mol. The van der Waals surface area contributed by atoms with Crippen LogP contribution in [-0.2, 0) is 6.61 Å². The molecule has 0 aliphatic heterocycles. The highest BCUT2D eigenvalue weighted by Crippen LogP contribution is 2.25. The quantitative estimate of drug-likeness (QED) is 0.724. The number of hydrogen-bond acceptors (Lipinski definition) is 2. The molecule has 0 N–H and O–H groups in total. The van der Waals surface area contributed by atoms with Gasteiger partial charge in [0.25, 0.3) is 0 Å². The maximum atomic E-state index is 13.5. The van der Waals surface area contributed by atoms with Crippen LogP contribution in [0.25, 0.3) is 0 Å². The fourth-order valence-electron chi connectivity index (χ4n) is 1.82. The third-order valence-electron chi connectivity index (χ3n) is 2.69. The van der Waals surface area contributed by atoms with Crippen molar-refractivity contribution in [3.8, 4) is 5.75 Å². The number of benzene rings is 2. The molecule has 0 bridgehead atoms. The Morgan fingerprint density at radius 2 is 1.95 bits per heavy atom. The molecule has 0 aliphatic carbocycles. The van der Waals surface area contributed by atoms with Gasteiger partial charge >= 0.3 is 0 Å². The summed E-state index contributed by atoms with van der Waals surface area (Å²) in [5.74, 6) is 1.59. The molecule has 3 heteroatoms. The summed E-state index contributed by atoms with van der Waals surface area (Å²) >= 11 is 1.77. The first kappa shape index (κ1) is 13.9. The number of ether oxygens (including phenoxy) is 1. The highest BCUT2D eigenvalue weighted by atomic mass is 32.2. The highest BCUT2D eigenvalue weighted by molar-refractivity contribution is 7.99. The zero-order chi connectivity index (χ0) is 13.7. The molecule has 0 heterocycles. The first-order chi connectivity index (χ1) is 9.19. The third-order valence-corrected chi connectivity index (χ3v) is 3.55. The lowest BCUT2D eigenvalue weighted by Crippen LogP contribution is -1.98. The van der Waals surface area contributed by atoms with Crippen molar-refractivity contribution < 1.29 is 9.13 Å². The topological polar surface area (TPSA) is 9.23 Å². The van der Waals surface area contributed by atoms with E-state index in [0.717, 1.165) is 17.1 Å². The molecule has 0 fully saturated rings. The Labute approximate surface area is 117 Å². The monoisotopic (exact) mass is 276 g/mol. The van der Waals surface area contributed by atoms with Crippen LogP contribution in [-0.4, -0.2) is 5.75 Å². The first-order valence-corrected chi connectivity index (χ1v) is 7.28. The zero-order valence-corrected chi connectivity index (χ0v) is 12.0. The second kappa shape index (κ2) is 6.62. The van der Waals surface area contributed by atoms with Crippen molar-refractivity contribution in [2.75, 3.05) is 5.75 Å². The Balaban J connectivity index is 2.09. The second-order valence-electron chi connectivity index (χ2n) is 4.29. The van der Waals surface area contributed by atoms with Crippen LogP contribution in [0.5, 0.6) is 5.75 Å². The normalized spacial score (nSPS) is 10.5. The Kier molecular flexibility index (Phi) is 4.86. The van der Waals surface area contributed by atoms with Crippen LogP contribution in [0.15, 0.2) is 47.4 Å². The van der Waals surface area contributed by atoms with Crippen LogP contribution in [0.1, 0.15) is 18.1 Å². The molecule has 0 atom stereocenters. The lowest BCUT2D eigenvalue weighted by molar-refractivity contribution is 0.299. The lowest BCUT2D eigenvalue weighted by atomic mass is 10.2. The van der Waals surface area contributed by atoms with Gasteiger partial charge in [-0.1, -0.05) is 25.1 Å². The number of halogens is 1. The Bertz CT molecular complexity index is 554. The Morgan fingerprint density at radius 1 is 1.16 bits per heavy atom. The number of thioether (sulfide) groups is 1. The van der Waals surface area contributed by atoms with Crippen molar-refractivity contribution in [1.82, 2.24) is 0 Å². The SMILES string of the molecule is CCSc1cc(C)cc(OCc2ccccc2F)c1. The molecule has 0 saturated heterocycles. The molecule has 1 nitrogen and oxygen atoms in total. The van der Waals surface area contributed by atoms with Gasteiger partial charge in [-0.3, -0.25) is 0 Å². The average Bonchev–Trinajstić information content (AvgIpc) is 2.37. The van der Waals surface area contributed by atoms with Gasteiger partial charge in [0.1, 0.15) is 18.2 Å². The van der Waals surface area contributed by atoms with E-state index >= 15 is 0 Å². The molecule has 19 heavy (non-hydrogen) atoms. The van der Waals surface area contributed by atoms with E-state index in [1.807, 2.05) is 25.1 Å². The van der Waals surface area contributed by atoms with E-state index in [1.54, 1.807) is 23.9 Å². The number of hydrogen-bond donors (Lipinski definition) is 0. The van der Waals surface area contributed by atoms with Crippen molar-refractivity contribution in [3.05, 3.63) is 59.4 Å². The van der Waals surface area contributed by atoms with Crippen LogP contribution in [0.2, 0.25) is 0 Å². The minimum atomic E-state index is -0.224. The molecular formula is C16H17FOS. The molecule has 0 spiro atoms. The Hall–Kier alpha value is -1.48. The van der Waals surface area contributed by atoms with Crippen LogP contribution < -0.4 is 4.74 Å². The summed E-state index contributed by atoms with van der Waals surface area (Å²) in [6, 6.07) is 12.8. The molecule has 0 aromatic heterocycles. The summed E-state index contributed by atoms with van der Waals surface area (Å²) in [6.45, 7) is 4.41. The summed E-state index contributed by atoms with van der Waals surface area (Å²) in [5.41, 5.74) is 1.73. The van der Waals surface area contributed by atoms with Crippen LogP contribution >= 0.6 is 11.8 Å². The zero-order valence-electron chi connectivity index (χ0n) is 11.2. The van der Waals surface area contributed by atoms with E-state index in [0.29, 0.717) is 5.56 Å². The molecule has 0 unspecified atom stereocenters. The summed E-state index contributed by atoms with van der Waals surface area (Å²) in [5, 5.41) is 0. The molecule has 100 valence electrons. The van der Waals surface area contributed by atoms with Crippen molar-refractivity contribution >= 4 is 11.8 Å². The lowest BCUT2D eigenvalue weighted by Gasteiger charge is -2.10. The summed E-state index contributed by atoms with van der Waals surface area (Å²) < 4.78 is 19.2. The van der Waals surface area contributed by atoms with Gasteiger partial charge in [0.15, 0.2) is 0 Å². The minimum absolute atomic E-state index is 0.224. The van der Waals surface area contributed by atoms with Crippen molar-refractivity contribution in [2.24, 2.45) is 0 Å². The van der Waals surface area contributed by atoms with E-state index < -0.39 is 0 Å². The maximum absolute atomic E-state index is 13.5. The van der Waals surface area contributed by atoms with Gasteiger partial charge in [-0.15, -0.1) is 11.8 Å². The molecule has 2 rings (SSSR count). The molecular weight excluding hydrogens is 259 g/mol. The minimum Gasteiger partial charge on any atom is -0.489 e. The van der Waals surface area contributed by atoms with Crippen LogP contribution in [0, 0.1) is 12.7 Å². The molecule has 0 aliphatic rings. The first-order valence-electron chi connectivity index (χ1n) is 6.29. The third kappa shape index (κ3) is 4.00. The fraction of sp³-hybridized carbons (Fsp3) is 0.250. The van der Waals surface area contributed by atoms with Gasteiger partial charge in [0, 0.05) is 10.5 Å². The van der Waals surface area contributed by atoms with Gasteiger partial charge in [-0.2, -0.15) is 0 Å². The Morgan fingerprint density at radius 3 is 2.68 bits per heavy atom. The largest absolute Gasteiger partial charge is 0.489 e. The number of rotatable bonds is 5. The van der Waals surface area contributed by atoms with E-state index in [4.69, 9.17) is 4.74 Å². The predicted molar refractivity (Wildman–Crippen MR) is 78.3 cm³/mol. The molecule has 0 amide bonds. The van der Waals surface area contributed by atoms with Gasteiger partial charge in [-0.05, 0) is 42.5 Å². The molecule has 2 aromatic carbocycles. The standard InChI is InChI=1S/C16H17FOS/c1-3-19-15-9-12(2)8-14(10-15)18-11-13-6-4-5-7-16(13)17/h4-10H,3,11H2,1-2H3. The molecule has 2 aromatic rings. The van der Waals surface area contributed by atoms with Gasteiger partial charge in [-0.25, -0.2) is 4.39 Å². The van der Waals surface area contributed by atoms with Crippen LogP contribution in [0.4, 0.5) is 4.39 Å². The molecule has 0 saturated carbocycles. The molecule has 0 radical (unpaired) electrons. The van der Waals surface area contributed by atoms with E-state index in [2.05, 4.69) is 13.0 Å². The van der Waals surface area contributed by atoms with Crippen LogP contribution in [0.3, 0.4) is 0 Å². The van der Waals surface area contributed by atoms with Crippen molar-refractivity contribution in [2.45, 2.75) is 25.3 Å². The van der Waals surface area contributed by atoms with E-state index in [1.165, 1.54) is 11.0 Å². The van der Waals surface area contributed by atoms with E-state index in [-0.39, 0.29) is 12.4 Å². The van der Waals surface area contributed by atoms with Gasteiger partial charge in [0.2, 0.25) is 0 Å². The van der Waals surface area contributed by atoms with Gasteiger partial charge < -0.3 is 4.74 Å².